The maximum Gasteiger partial charge on any atom is 0.311 e. The largest absolute Gasteiger partial charge is 0.481 e. The molecule has 0 bridgehead atoms. The fourth-order valence-electron chi connectivity index (χ4n) is 2.15. The topological polar surface area (TPSA) is 62.5 Å². The van der Waals surface area contributed by atoms with Crippen LogP contribution in [0.25, 0.3) is 0 Å². The van der Waals surface area contributed by atoms with Crippen molar-refractivity contribution in [3.63, 3.8) is 0 Å². The monoisotopic (exact) mass is 236 g/mol. The van der Waals surface area contributed by atoms with Gasteiger partial charge in [-0.1, -0.05) is 0 Å². The normalized spacial score (nSPS) is 24.0. The zero-order valence-corrected chi connectivity index (χ0v) is 10.0. The van der Waals surface area contributed by atoms with E-state index >= 15 is 0 Å². The van der Waals surface area contributed by atoms with Crippen molar-refractivity contribution in [2.75, 3.05) is 13.1 Å². The summed E-state index contributed by atoms with van der Waals surface area (Å²) in [5.74, 6) is -0.929. The Balaban J connectivity index is 2.15. The van der Waals surface area contributed by atoms with Crippen LogP contribution in [0.3, 0.4) is 0 Å². The molecule has 1 atom stereocenters. The molecule has 2 rings (SSSR count). The van der Waals surface area contributed by atoms with Crippen LogP contribution in [0, 0.1) is 5.41 Å². The van der Waals surface area contributed by atoms with Gasteiger partial charge in [-0.25, -0.2) is 0 Å². The summed E-state index contributed by atoms with van der Waals surface area (Å²) in [5.41, 5.74) is -0.208. The molecule has 92 valence electrons. The van der Waals surface area contributed by atoms with E-state index in [1.807, 2.05) is 0 Å². The Kier molecular flexibility index (Phi) is 2.69. The number of carbonyl (C=O) groups is 2. The lowest BCUT2D eigenvalue weighted by molar-refractivity contribution is -0.147. The molecule has 1 aromatic heterocycles. The molecule has 1 N–H and O–H groups in total. The van der Waals surface area contributed by atoms with E-state index in [9.17, 15) is 9.59 Å². The maximum atomic E-state index is 12.2. The standard InChI is InChI=1S/C12H16N2O3/c1-12(11(16)17)5-7-14(8-12)10(15)9-4-3-6-13(9)2/h3-4,6H,5,7-8H2,1-2H3,(H,16,17). The number of hydrogen-bond donors (Lipinski definition) is 1. The number of aliphatic carboxylic acids is 1. The number of likely N-dealkylation sites (tertiary alicyclic amines) is 1. The predicted octanol–water partition coefficient (Wildman–Crippen LogP) is 0.962. The van der Waals surface area contributed by atoms with Gasteiger partial charge in [-0.3, -0.25) is 9.59 Å². The van der Waals surface area contributed by atoms with Crippen molar-refractivity contribution < 1.29 is 14.7 Å². The van der Waals surface area contributed by atoms with Gasteiger partial charge in [0.2, 0.25) is 0 Å². The van der Waals surface area contributed by atoms with Crippen LogP contribution in [0.2, 0.25) is 0 Å². The lowest BCUT2D eigenvalue weighted by Gasteiger charge is -2.20. The van der Waals surface area contributed by atoms with Crippen molar-refractivity contribution in [2.24, 2.45) is 12.5 Å². The molecule has 0 saturated carbocycles. The molecule has 1 aromatic rings. The van der Waals surface area contributed by atoms with E-state index in [0.717, 1.165) is 0 Å². The molecule has 1 aliphatic rings. The molecule has 0 aliphatic carbocycles. The Morgan fingerprint density at radius 3 is 2.65 bits per heavy atom. The average Bonchev–Trinajstić information content (AvgIpc) is 2.85. The van der Waals surface area contributed by atoms with E-state index in [-0.39, 0.29) is 12.5 Å². The van der Waals surface area contributed by atoms with Gasteiger partial charge in [-0.05, 0) is 25.5 Å². The van der Waals surface area contributed by atoms with Gasteiger partial charge in [0.05, 0.1) is 5.41 Å². The molecule has 0 radical (unpaired) electrons. The summed E-state index contributed by atoms with van der Waals surface area (Å²) in [6.45, 7) is 2.48. The third kappa shape index (κ3) is 1.92. The van der Waals surface area contributed by atoms with Gasteiger partial charge in [0.25, 0.3) is 5.91 Å². The highest BCUT2D eigenvalue weighted by atomic mass is 16.4. The molecule has 0 aromatic carbocycles. The number of carboxylic acid groups (broad SMARTS) is 1. The number of carboxylic acids is 1. The fraction of sp³-hybridized carbons (Fsp3) is 0.500. The van der Waals surface area contributed by atoms with E-state index in [1.54, 1.807) is 41.8 Å². The van der Waals surface area contributed by atoms with Crippen molar-refractivity contribution in [3.05, 3.63) is 24.0 Å². The lowest BCUT2D eigenvalue weighted by Crippen LogP contribution is -2.35. The molecular weight excluding hydrogens is 220 g/mol. The zero-order valence-electron chi connectivity index (χ0n) is 10.0. The maximum absolute atomic E-state index is 12.2. The highest BCUT2D eigenvalue weighted by molar-refractivity contribution is 5.93. The van der Waals surface area contributed by atoms with Gasteiger partial charge in [-0.15, -0.1) is 0 Å². The first-order chi connectivity index (χ1) is 7.94. The van der Waals surface area contributed by atoms with Gasteiger partial charge in [-0.2, -0.15) is 0 Å². The first kappa shape index (κ1) is 11.7. The second kappa shape index (κ2) is 3.91. The summed E-state index contributed by atoms with van der Waals surface area (Å²) in [5, 5.41) is 9.11. The molecule has 5 nitrogen and oxygen atoms in total. The summed E-state index contributed by atoms with van der Waals surface area (Å²) in [7, 11) is 1.81. The third-order valence-electron chi connectivity index (χ3n) is 3.44. The summed E-state index contributed by atoms with van der Waals surface area (Å²) in [6.07, 6.45) is 2.32. The Morgan fingerprint density at radius 2 is 2.18 bits per heavy atom. The Bertz CT molecular complexity index is 466. The van der Waals surface area contributed by atoms with E-state index < -0.39 is 11.4 Å². The van der Waals surface area contributed by atoms with Crippen molar-refractivity contribution in [3.8, 4) is 0 Å². The summed E-state index contributed by atoms with van der Waals surface area (Å²) in [4.78, 5) is 24.9. The first-order valence-electron chi connectivity index (χ1n) is 5.58. The molecule has 0 spiro atoms. The van der Waals surface area contributed by atoms with Crippen LogP contribution < -0.4 is 0 Å². The molecule has 1 amide bonds. The van der Waals surface area contributed by atoms with Crippen LogP contribution in [0.1, 0.15) is 23.8 Å². The van der Waals surface area contributed by atoms with Gasteiger partial charge in [0, 0.05) is 26.3 Å². The van der Waals surface area contributed by atoms with E-state index in [0.29, 0.717) is 18.7 Å². The molecule has 1 fully saturated rings. The molecular formula is C12H16N2O3. The number of rotatable bonds is 2. The van der Waals surface area contributed by atoms with Crippen LogP contribution >= 0.6 is 0 Å². The highest BCUT2D eigenvalue weighted by Gasteiger charge is 2.42. The first-order valence-corrected chi connectivity index (χ1v) is 5.58. The highest BCUT2D eigenvalue weighted by Crippen LogP contribution is 2.30. The Labute approximate surface area is 99.6 Å². The second-order valence-electron chi connectivity index (χ2n) is 4.85. The molecule has 1 saturated heterocycles. The predicted molar refractivity (Wildman–Crippen MR) is 61.7 cm³/mol. The fourth-order valence-corrected chi connectivity index (χ4v) is 2.15. The second-order valence-corrected chi connectivity index (χ2v) is 4.85. The zero-order chi connectivity index (χ0) is 12.6. The summed E-state index contributed by atoms with van der Waals surface area (Å²) < 4.78 is 1.75. The Morgan fingerprint density at radius 1 is 1.47 bits per heavy atom. The van der Waals surface area contributed by atoms with E-state index in [4.69, 9.17) is 5.11 Å². The molecule has 2 heterocycles. The van der Waals surface area contributed by atoms with Crippen LogP contribution in [0.5, 0.6) is 0 Å². The quantitative estimate of drug-likeness (QED) is 0.832. The van der Waals surface area contributed by atoms with Crippen molar-refractivity contribution in [1.29, 1.82) is 0 Å². The van der Waals surface area contributed by atoms with Crippen LogP contribution in [-0.2, 0) is 11.8 Å². The van der Waals surface area contributed by atoms with Crippen molar-refractivity contribution >= 4 is 11.9 Å². The molecule has 5 heteroatoms. The van der Waals surface area contributed by atoms with Crippen molar-refractivity contribution in [2.45, 2.75) is 13.3 Å². The van der Waals surface area contributed by atoms with Gasteiger partial charge in [0.1, 0.15) is 5.69 Å². The minimum atomic E-state index is -0.834. The van der Waals surface area contributed by atoms with Crippen LogP contribution in [0.15, 0.2) is 18.3 Å². The van der Waals surface area contributed by atoms with Crippen LogP contribution in [0.4, 0.5) is 0 Å². The summed E-state index contributed by atoms with van der Waals surface area (Å²) in [6, 6.07) is 3.55. The van der Waals surface area contributed by atoms with Gasteiger partial charge >= 0.3 is 5.97 Å². The number of nitrogens with zero attached hydrogens (tertiary/aromatic N) is 2. The lowest BCUT2D eigenvalue weighted by atomic mass is 9.90. The van der Waals surface area contributed by atoms with Crippen LogP contribution in [-0.4, -0.2) is 39.5 Å². The number of aromatic nitrogens is 1. The number of aryl methyl sites for hydroxylation is 1. The van der Waals surface area contributed by atoms with Crippen molar-refractivity contribution in [1.82, 2.24) is 9.47 Å². The van der Waals surface area contributed by atoms with Gasteiger partial charge in [0.15, 0.2) is 0 Å². The smallest absolute Gasteiger partial charge is 0.311 e. The van der Waals surface area contributed by atoms with Gasteiger partial charge < -0.3 is 14.6 Å². The molecule has 1 unspecified atom stereocenters. The average molecular weight is 236 g/mol. The Hall–Kier alpha value is -1.78. The molecule has 1 aliphatic heterocycles. The third-order valence-corrected chi connectivity index (χ3v) is 3.44. The van der Waals surface area contributed by atoms with E-state index in [1.165, 1.54) is 0 Å². The minimum absolute atomic E-state index is 0.0949. The minimum Gasteiger partial charge on any atom is -0.481 e. The SMILES string of the molecule is Cn1cccc1C(=O)N1CCC(C)(C(=O)O)C1. The molecule has 17 heavy (non-hydrogen) atoms. The van der Waals surface area contributed by atoms with E-state index in [2.05, 4.69) is 0 Å². The summed E-state index contributed by atoms with van der Waals surface area (Å²) >= 11 is 0. The number of carbonyl (C=O) groups excluding carboxylic acids is 1. The number of hydrogen-bond acceptors (Lipinski definition) is 2. The number of amides is 1.